The van der Waals surface area contributed by atoms with E-state index >= 15 is 0 Å². The Bertz CT molecular complexity index is 836. The van der Waals surface area contributed by atoms with Gasteiger partial charge in [-0.1, -0.05) is 41.9 Å². The first kappa shape index (κ1) is 20.1. The summed E-state index contributed by atoms with van der Waals surface area (Å²) in [4.78, 5) is 34.6. The summed E-state index contributed by atoms with van der Waals surface area (Å²) < 4.78 is 0. The Morgan fingerprint density at radius 2 is 1.59 bits per heavy atom. The first-order valence-electron chi connectivity index (χ1n) is 8.10. The molecule has 27 heavy (non-hydrogen) atoms. The van der Waals surface area contributed by atoms with Crippen LogP contribution in [0.25, 0.3) is 0 Å². The smallest absolute Gasteiger partial charge is 0.259 e. The maximum Gasteiger partial charge on any atom is 0.259 e. The second-order valence-corrected chi connectivity index (χ2v) is 5.96. The number of hydrogen-bond acceptors (Lipinski definition) is 5. The van der Waals surface area contributed by atoms with Crippen LogP contribution in [0.4, 0.5) is 0 Å². The highest BCUT2D eigenvalue weighted by Gasteiger charge is 2.09. The third kappa shape index (κ3) is 6.91. The number of hydrogen-bond donors (Lipinski definition) is 2. The van der Waals surface area contributed by atoms with Gasteiger partial charge >= 0.3 is 0 Å². The van der Waals surface area contributed by atoms with Gasteiger partial charge in [-0.3, -0.25) is 9.59 Å². The van der Waals surface area contributed by atoms with Crippen LogP contribution < -0.4 is 15.8 Å². The van der Waals surface area contributed by atoms with Crippen LogP contribution in [0.3, 0.4) is 0 Å². The number of amides is 2. The molecule has 0 saturated carbocycles. The number of hydrazone groups is 1. The number of carboxylic acids is 1. The number of carbonyl (C=O) groups excluding carboxylic acids is 3. The van der Waals surface area contributed by atoms with E-state index in [1.165, 1.54) is 0 Å². The predicted octanol–water partition coefficient (Wildman–Crippen LogP) is 1.12. The van der Waals surface area contributed by atoms with Crippen molar-refractivity contribution in [2.75, 3.05) is 6.54 Å². The van der Waals surface area contributed by atoms with Crippen LogP contribution in [0.15, 0.2) is 59.7 Å². The van der Waals surface area contributed by atoms with Gasteiger partial charge in [-0.2, -0.15) is 5.10 Å². The quantitative estimate of drug-likeness (QED) is 0.523. The lowest BCUT2D eigenvalue weighted by Gasteiger charge is -2.09. The summed E-state index contributed by atoms with van der Waals surface area (Å²) in [5.74, 6) is -2.18. The molecule has 2 rings (SSSR count). The van der Waals surface area contributed by atoms with E-state index in [-0.39, 0.29) is 19.4 Å². The van der Waals surface area contributed by atoms with Gasteiger partial charge in [0.25, 0.3) is 11.8 Å². The van der Waals surface area contributed by atoms with Crippen molar-refractivity contribution in [2.45, 2.75) is 12.8 Å². The van der Waals surface area contributed by atoms with E-state index in [2.05, 4.69) is 15.8 Å². The zero-order valence-electron chi connectivity index (χ0n) is 14.3. The van der Waals surface area contributed by atoms with Gasteiger partial charge < -0.3 is 15.2 Å². The highest BCUT2D eigenvalue weighted by molar-refractivity contribution is 6.30. The van der Waals surface area contributed by atoms with Gasteiger partial charge in [-0.05, 0) is 42.7 Å². The van der Waals surface area contributed by atoms with E-state index in [0.717, 1.165) is 0 Å². The average molecular weight is 387 g/mol. The zero-order chi connectivity index (χ0) is 19.6. The monoisotopic (exact) mass is 386 g/mol. The van der Waals surface area contributed by atoms with Gasteiger partial charge in [0.2, 0.25) is 0 Å². The molecule has 2 aromatic rings. The van der Waals surface area contributed by atoms with E-state index in [4.69, 9.17) is 11.6 Å². The fourth-order valence-electron chi connectivity index (χ4n) is 2.15. The minimum Gasteiger partial charge on any atom is -0.550 e. The van der Waals surface area contributed by atoms with Crippen molar-refractivity contribution in [3.8, 4) is 0 Å². The fourth-order valence-corrected chi connectivity index (χ4v) is 2.28. The van der Waals surface area contributed by atoms with Gasteiger partial charge in [0, 0.05) is 16.6 Å². The molecule has 2 aromatic carbocycles. The summed E-state index contributed by atoms with van der Waals surface area (Å²) in [6, 6.07) is 15.1. The second kappa shape index (κ2) is 10.1. The fraction of sp³-hybridized carbons (Fsp3) is 0.158. The second-order valence-electron chi connectivity index (χ2n) is 5.52. The molecule has 0 unspecified atom stereocenters. The molecule has 0 heterocycles. The maximum absolute atomic E-state index is 12.0. The molecular weight excluding hydrogens is 370 g/mol. The van der Waals surface area contributed by atoms with Crippen LogP contribution in [0.5, 0.6) is 0 Å². The number of carboxylic acid groups (broad SMARTS) is 1. The van der Waals surface area contributed by atoms with Crippen LogP contribution >= 0.6 is 11.6 Å². The Morgan fingerprint density at radius 3 is 2.22 bits per heavy atom. The van der Waals surface area contributed by atoms with Crippen molar-refractivity contribution >= 4 is 35.1 Å². The van der Waals surface area contributed by atoms with Crippen LogP contribution in [0.2, 0.25) is 5.02 Å². The number of rotatable bonds is 8. The van der Waals surface area contributed by atoms with Crippen LogP contribution in [-0.2, 0) is 9.59 Å². The molecule has 0 aliphatic heterocycles. The van der Waals surface area contributed by atoms with Crippen molar-refractivity contribution in [3.05, 3.63) is 70.7 Å². The third-order valence-electron chi connectivity index (χ3n) is 3.50. The van der Waals surface area contributed by atoms with E-state index in [1.807, 2.05) is 6.07 Å². The lowest BCUT2D eigenvalue weighted by molar-refractivity contribution is -0.305. The molecule has 0 aromatic heterocycles. The molecule has 0 bridgehead atoms. The summed E-state index contributed by atoms with van der Waals surface area (Å²) in [6.07, 6.45) is -0.124. The molecule has 140 valence electrons. The molecule has 0 radical (unpaired) electrons. The Hall–Kier alpha value is -3.19. The van der Waals surface area contributed by atoms with Crippen LogP contribution in [0.1, 0.15) is 28.8 Å². The summed E-state index contributed by atoms with van der Waals surface area (Å²) in [5.41, 5.74) is 3.78. The van der Waals surface area contributed by atoms with E-state index in [0.29, 0.717) is 21.9 Å². The van der Waals surface area contributed by atoms with Crippen LogP contribution in [-0.4, -0.2) is 30.0 Å². The minimum atomic E-state index is -1.21. The molecule has 2 N–H and O–H groups in total. The number of nitrogens with zero attached hydrogens (tertiary/aromatic N) is 1. The molecule has 0 aliphatic rings. The van der Waals surface area contributed by atoms with E-state index in [1.54, 1.807) is 48.5 Å². The molecule has 0 aliphatic carbocycles. The molecule has 0 atom stereocenters. The van der Waals surface area contributed by atoms with Crippen molar-refractivity contribution in [3.63, 3.8) is 0 Å². The SMILES string of the molecule is O=C([O-])CC/C(=N/NC(=O)CNC(=O)c1ccc(Cl)cc1)c1ccccc1. The highest BCUT2D eigenvalue weighted by atomic mass is 35.5. The van der Waals surface area contributed by atoms with Gasteiger partial charge in [0.15, 0.2) is 0 Å². The number of nitrogens with one attached hydrogen (secondary N) is 2. The molecule has 2 amide bonds. The number of carbonyl (C=O) groups is 3. The number of benzene rings is 2. The van der Waals surface area contributed by atoms with Crippen molar-refractivity contribution in [2.24, 2.45) is 5.10 Å². The summed E-state index contributed by atoms with van der Waals surface area (Å²) in [6.45, 7) is -0.284. The zero-order valence-corrected chi connectivity index (χ0v) is 15.0. The first-order chi connectivity index (χ1) is 13.0. The molecule has 0 saturated heterocycles. The molecule has 8 heteroatoms. The van der Waals surface area contributed by atoms with E-state index in [9.17, 15) is 19.5 Å². The van der Waals surface area contributed by atoms with Gasteiger partial charge in [-0.15, -0.1) is 0 Å². The van der Waals surface area contributed by atoms with Crippen molar-refractivity contribution in [1.82, 2.24) is 10.7 Å². The standard InChI is InChI=1S/C19H18ClN3O4/c20-15-8-6-14(7-9-15)19(27)21-12-17(24)23-22-16(10-11-18(25)26)13-4-2-1-3-5-13/h1-9H,10-12H2,(H,21,27)(H,23,24)(H,25,26)/p-1/b22-16-. The Labute approximate surface area is 161 Å². The topological polar surface area (TPSA) is 111 Å². The minimum absolute atomic E-state index is 0.101. The average Bonchev–Trinajstić information content (AvgIpc) is 2.67. The number of halogens is 1. The Kier molecular flexibility index (Phi) is 7.51. The molecule has 7 nitrogen and oxygen atoms in total. The lowest BCUT2D eigenvalue weighted by Crippen LogP contribution is -2.35. The number of aliphatic carboxylic acids is 1. The van der Waals surface area contributed by atoms with Crippen molar-refractivity contribution in [1.29, 1.82) is 0 Å². The first-order valence-corrected chi connectivity index (χ1v) is 8.48. The predicted molar refractivity (Wildman–Crippen MR) is 99.1 cm³/mol. The Morgan fingerprint density at radius 1 is 0.926 bits per heavy atom. The summed E-state index contributed by atoms with van der Waals surface area (Å²) in [5, 5.41) is 17.7. The largest absolute Gasteiger partial charge is 0.550 e. The van der Waals surface area contributed by atoms with Gasteiger partial charge in [0.1, 0.15) is 0 Å². The molecular formula is C19H17ClN3O4-. The van der Waals surface area contributed by atoms with Crippen LogP contribution in [0, 0.1) is 0 Å². The highest BCUT2D eigenvalue weighted by Crippen LogP contribution is 2.09. The summed E-state index contributed by atoms with van der Waals surface area (Å²) in [7, 11) is 0. The maximum atomic E-state index is 12.0. The summed E-state index contributed by atoms with van der Waals surface area (Å²) >= 11 is 5.76. The molecule has 0 spiro atoms. The van der Waals surface area contributed by atoms with Gasteiger partial charge in [0.05, 0.1) is 12.3 Å². The molecule has 0 fully saturated rings. The Balaban J connectivity index is 1.94. The lowest BCUT2D eigenvalue weighted by atomic mass is 10.1. The normalized spacial score (nSPS) is 10.9. The van der Waals surface area contributed by atoms with Crippen molar-refractivity contribution < 1.29 is 19.5 Å². The third-order valence-corrected chi connectivity index (χ3v) is 3.76. The van der Waals surface area contributed by atoms with Gasteiger partial charge in [-0.25, -0.2) is 5.43 Å². The van der Waals surface area contributed by atoms with E-state index < -0.39 is 17.8 Å².